The van der Waals surface area contributed by atoms with Crippen LogP contribution < -0.4 is 9.47 Å². The average Bonchev–Trinajstić information content (AvgIpc) is 3.06. The van der Waals surface area contributed by atoms with Gasteiger partial charge < -0.3 is 19.5 Å². The van der Waals surface area contributed by atoms with E-state index in [0.29, 0.717) is 40.9 Å². The summed E-state index contributed by atoms with van der Waals surface area (Å²) in [6.07, 6.45) is 1.20. The molecule has 1 amide bonds. The van der Waals surface area contributed by atoms with Gasteiger partial charge in [0, 0.05) is 12.1 Å². The second kappa shape index (κ2) is 4.97. The van der Waals surface area contributed by atoms with Crippen LogP contribution in [0.4, 0.5) is 0 Å². The Balaban J connectivity index is 1.91. The Morgan fingerprint density at radius 2 is 2.15 bits per heavy atom. The van der Waals surface area contributed by atoms with E-state index in [9.17, 15) is 9.59 Å². The average molecular weight is 342 g/mol. The predicted octanol–water partition coefficient (Wildman–Crippen LogP) is 1.87. The number of fused-ring (bicyclic) bond motifs is 1. The van der Waals surface area contributed by atoms with Gasteiger partial charge in [0.05, 0.1) is 4.47 Å². The maximum absolute atomic E-state index is 12.5. The number of hydrogen-bond acceptors (Lipinski definition) is 4. The Labute approximate surface area is 123 Å². The lowest BCUT2D eigenvalue weighted by atomic mass is 10.1. The molecule has 0 aromatic heterocycles. The van der Waals surface area contributed by atoms with Gasteiger partial charge in [-0.25, -0.2) is 4.79 Å². The van der Waals surface area contributed by atoms with Gasteiger partial charge in [-0.3, -0.25) is 4.79 Å². The Bertz CT molecular complexity index is 588. The third kappa shape index (κ3) is 2.11. The largest absolute Gasteiger partial charge is 0.480 e. The second-order valence-electron chi connectivity index (χ2n) is 4.69. The van der Waals surface area contributed by atoms with Crippen molar-refractivity contribution >= 4 is 27.8 Å². The fraction of sp³-hybridized carbons (Fsp3) is 0.385. The van der Waals surface area contributed by atoms with E-state index in [1.807, 2.05) is 0 Å². The highest BCUT2D eigenvalue weighted by molar-refractivity contribution is 9.10. The summed E-state index contributed by atoms with van der Waals surface area (Å²) in [5.74, 6) is -0.198. The Kier molecular flexibility index (Phi) is 3.29. The van der Waals surface area contributed by atoms with E-state index in [0.717, 1.165) is 0 Å². The topological polar surface area (TPSA) is 76.1 Å². The maximum Gasteiger partial charge on any atom is 0.326 e. The second-order valence-corrected chi connectivity index (χ2v) is 5.54. The number of benzene rings is 1. The Morgan fingerprint density at radius 3 is 2.90 bits per heavy atom. The highest BCUT2D eigenvalue weighted by Crippen LogP contribution is 2.40. The van der Waals surface area contributed by atoms with Crippen molar-refractivity contribution in [3.8, 4) is 11.5 Å². The summed E-state index contributed by atoms with van der Waals surface area (Å²) in [5, 5.41) is 9.14. The zero-order chi connectivity index (χ0) is 14.3. The monoisotopic (exact) mass is 341 g/mol. The number of carboxylic acids is 1. The number of carbonyl (C=O) groups is 2. The number of carboxylic acid groups (broad SMARTS) is 1. The lowest BCUT2D eigenvalue weighted by Gasteiger charge is -2.21. The van der Waals surface area contributed by atoms with E-state index in [4.69, 9.17) is 14.6 Å². The lowest BCUT2D eigenvalue weighted by Crippen LogP contribution is -2.40. The van der Waals surface area contributed by atoms with Crippen molar-refractivity contribution in [2.75, 3.05) is 13.3 Å². The molecule has 7 heteroatoms. The molecule has 1 atom stereocenters. The standard InChI is InChI=1S/C13H12BrNO5/c14-8-4-7(5-10-11(8)20-6-19-10)12(16)15-3-1-2-9(15)13(17)18/h4-5,9H,1-3,6H2,(H,17,18). The van der Waals surface area contributed by atoms with Gasteiger partial charge in [0.2, 0.25) is 6.79 Å². The van der Waals surface area contributed by atoms with E-state index in [1.54, 1.807) is 12.1 Å². The van der Waals surface area contributed by atoms with Crippen LogP contribution in [-0.4, -0.2) is 41.3 Å². The third-order valence-electron chi connectivity index (χ3n) is 3.47. The number of amides is 1. The number of likely N-dealkylation sites (tertiary alicyclic amines) is 1. The minimum atomic E-state index is -0.962. The van der Waals surface area contributed by atoms with Crippen molar-refractivity contribution in [3.05, 3.63) is 22.2 Å². The van der Waals surface area contributed by atoms with Gasteiger partial charge in [0.15, 0.2) is 11.5 Å². The Morgan fingerprint density at radius 1 is 1.35 bits per heavy atom. The zero-order valence-corrected chi connectivity index (χ0v) is 12.1. The first-order valence-electron chi connectivity index (χ1n) is 6.21. The number of carbonyl (C=O) groups excluding carboxylic acids is 1. The van der Waals surface area contributed by atoms with Crippen molar-refractivity contribution in [3.63, 3.8) is 0 Å². The summed E-state index contributed by atoms with van der Waals surface area (Å²) in [6, 6.07) is 2.48. The van der Waals surface area contributed by atoms with Crippen LogP contribution in [-0.2, 0) is 4.79 Å². The molecular formula is C13H12BrNO5. The van der Waals surface area contributed by atoms with Crippen molar-refractivity contribution in [1.82, 2.24) is 4.90 Å². The van der Waals surface area contributed by atoms with E-state index < -0.39 is 12.0 Å². The highest BCUT2D eigenvalue weighted by Gasteiger charge is 2.35. The van der Waals surface area contributed by atoms with Crippen LogP contribution in [0.3, 0.4) is 0 Å². The number of nitrogens with zero attached hydrogens (tertiary/aromatic N) is 1. The van der Waals surface area contributed by atoms with E-state index in [-0.39, 0.29) is 12.7 Å². The van der Waals surface area contributed by atoms with Gasteiger partial charge in [-0.2, -0.15) is 0 Å². The van der Waals surface area contributed by atoms with Gasteiger partial charge >= 0.3 is 5.97 Å². The van der Waals surface area contributed by atoms with Crippen LogP contribution in [0.5, 0.6) is 11.5 Å². The van der Waals surface area contributed by atoms with E-state index in [2.05, 4.69) is 15.9 Å². The van der Waals surface area contributed by atoms with Crippen LogP contribution >= 0.6 is 15.9 Å². The first-order chi connectivity index (χ1) is 9.58. The van der Waals surface area contributed by atoms with Crippen molar-refractivity contribution in [2.45, 2.75) is 18.9 Å². The van der Waals surface area contributed by atoms with Gasteiger partial charge in [0.1, 0.15) is 6.04 Å². The molecule has 0 radical (unpaired) electrons. The molecule has 0 spiro atoms. The molecule has 1 fully saturated rings. The molecule has 1 N–H and O–H groups in total. The fourth-order valence-corrected chi connectivity index (χ4v) is 3.08. The third-order valence-corrected chi connectivity index (χ3v) is 4.06. The van der Waals surface area contributed by atoms with Crippen LogP contribution in [0.25, 0.3) is 0 Å². The van der Waals surface area contributed by atoms with Crippen LogP contribution in [0.15, 0.2) is 16.6 Å². The molecule has 2 aliphatic heterocycles. The van der Waals surface area contributed by atoms with Crippen LogP contribution in [0, 0.1) is 0 Å². The Hall–Kier alpha value is -1.76. The molecule has 1 saturated heterocycles. The molecule has 6 nitrogen and oxygen atoms in total. The van der Waals surface area contributed by atoms with Crippen LogP contribution in [0.1, 0.15) is 23.2 Å². The molecule has 2 aliphatic rings. The van der Waals surface area contributed by atoms with Gasteiger partial charge in [0.25, 0.3) is 5.91 Å². The van der Waals surface area contributed by atoms with Gasteiger partial charge in [-0.1, -0.05) is 0 Å². The van der Waals surface area contributed by atoms with Crippen molar-refractivity contribution < 1.29 is 24.2 Å². The number of hydrogen-bond donors (Lipinski definition) is 1. The predicted molar refractivity (Wildman–Crippen MR) is 72.0 cm³/mol. The molecule has 2 heterocycles. The summed E-state index contributed by atoms with van der Waals surface area (Å²) in [4.78, 5) is 25.0. The van der Waals surface area contributed by atoms with Crippen molar-refractivity contribution in [1.29, 1.82) is 0 Å². The minimum absolute atomic E-state index is 0.118. The summed E-state index contributed by atoms with van der Waals surface area (Å²) in [6.45, 7) is 0.578. The smallest absolute Gasteiger partial charge is 0.326 e. The van der Waals surface area contributed by atoms with E-state index >= 15 is 0 Å². The molecule has 3 rings (SSSR count). The number of ether oxygens (including phenoxy) is 2. The molecule has 1 aromatic carbocycles. The highest BCUT2D eigenvalue weighted by atomic mass is 79.9. The van der Waals surface area contributed by atoms with Crippen molar-refractivity contribution in [2.24, 2.45) is 0 Å². The molecular weight excluding hydrogens is 330 g/mol. The molecule has 1 aromatic rings. The fourth-order valence-electron chi connectivity index (χ4n) is 2.52. The summed E-state index contributed by atoms with van der Waals surface area (Å²) < 4.78 is 11.2. The number of rotatable bonds is 2. The molecule has 0 bridgehead atoms. The summed E-state index contributed by atoms with van der Waals surface area (Å²) in [7, 11) is 0. The van der Waals surface area contributed by atoms with Gasteiger partial charge in [-0.15, -0.1) is 0 Å². The maximum atomic E-state index is 12.5. The molecule has 0 saturated carbocycles. The van der Waals surface area contributed by atoms with E-state index in [1.165, 1.54) is 4.90 Å². The molecule has 106 valence electrons. The number of aliphatic carboxylic acids is 1. The van der Waals surface area contributed by atoms with Gasteiger partial charge in [-0.05, 0) is 40.9 Å². The first kappa shape index (κ1) is 13.2. The first-order valence-corrected chi connectivity index (χ1v) is 7.00. The molecule has 1 unspecified atom stereocenters. The summed E-state index contributed by atoms with van der Waals surface area (Å²) in [5.41, 5.74) is 0.397. The molecule has 20 heavy (non-hydrogen) atoms. The zero-order valence-electron chi connectivity index (χ0n) is 10.5. The quantitative estimate of drug-likeness (QED) is 0.888. The molecule has 0 aliphatic carbocycles. The number of halogens is 1. The minimum Gasteiger partial charge on any atom is -0.480 e. The normalized spacial score (nSPS) is 20.2. The SMILES string of the molecule is O=C(O)C1CCCN1C(=O)c1cc(Br)c2c(c1)OCO2. The lowest BCUT2D eigenvalue weighted by molar-refractivity contribution is -0.141. The summed E-state index contributed by atoms with van der Waals surface area (Å²) >= 11 is 3.33. The van der Waals surface area contributed by atoms with Crippen LogP contribution in [0.2, 0.25) is 0 Å².